The van der Waals surface area contributed by atoms with Crippen molar-refractivity contribution >= 4 is 15.9 Å². The number of hydrogen-bond acceptors (Lipinski definition) is 4. The van der Waals surface area contributed by atoms with Gasteiger partial charge in [0.05, 0.1) is 11.1 Å². The number of aromatic amines is 1. The third-order valence-corrected chi connectivity index (χ3v) is 2.77. The summed E-state index contributed by atoms with van der Waals surface area (Å²) < 4.78 is 6.73. The highest BCUT2D eigenvalue weighted by Crippen LogP contribution is 1.98. The summed E-state index contributed by atoms with van der Waals surface area (Å²) in [7, 11) is 1.65. The van der Waals surface area contributed by atoms with E-state index in [1.807, 2.05) is 0 Å². The molecule has 0 aliphatic carbocycles. The summed E-state index contributed by atoms with van der Waals surface area (Å²) >= 11 is 3.09. The van der Waals surface area contributed by atoms with Crippen LogP contribution in [0.4, 0.5) is 0 Å². The molecule has 17 heavy (non-hydrogen) atoms. The maximum absolute atomic E-state index is 11.4. The molecule has 0 atom stereocenters. The molecule has 6 nitrogen and oxygen atoms in total. The summed E-state index contributed by atoms with van der Waals surface area (Å²) in [6, 6.07) is 0. The van der Waals surface area contributed by atoms with Crippen molar-refractivity contribution in [2.24, 2.45) is 0 Å². The molecule has 0 saturated carbocycles. The first-order valence-corrected chi connectivity index (χ1v) is 6.13. The Morgan fingerprint density at radius 3 is 2.94 bits per heavy atom. The van der Waals surface area contributed by atoms with Gasteiger partial charge < -0.3 is 10.1 Å². The smallest absolute Gasteiger partial charge is 0.328 e. The Kier molecular flexibility index (Phi) is 6.17. The van der Waals surface area contributed by atoms with Crippen LogP contribution < -0.4 is 16.6 Å². The van der Waals surface area contributed by atoms with Gasteiger partial charge in [-0.3, -0.25) is 14.3 Å². The van der Waals surface area contributed by atoms with Crippen LogP contribution in [-0.4, -0.2) is 36.4 Å². The van der Waals surface area contributed by atoms with Gasteiger partial charge in [0, 0.05) is 26.4 Å². The lowest BCUT2D eigenvalue weighted by atomic mass is 10.4. The maximum atomic E-state index is 11.4. The van der Waals surface area contributed by atoms with Crippen LogP contribution >= 0.6 is 15.9 Å². The first kappa shape index (κ1) is 14.1. The van der Waals surface area contributed by atoms with E-state index in [9.17, 15) is 9.59 Å². The molecule has 0 spiro atoms. The fourth-order valence-corrected chi connectivity index (χ4v) is 1.67. The largest absolute Gasteiger partial charge is 0.383 e. The molecule has 0 aliphatic heterocycles. The monoisotopic (exact) mass is 305 g/mol. The van der Waals surface area contributed by atoms with E-state index in [0.29, 0.717) is 17.6 Å². The average molecular weight is 306 g/mol. The molecule has 0 radical (unpaired) electrons. The lowest BCUT2D eigenvalue weighted by Gasteiger charge is -2.06. The first-order chi connectivity index (χ1) is 8.15. The van der Waals surface area contributed by atoms with E-state index in [0.717, 1.165) is 19.5 Å². The molecule has 1 aromatic heterocycles. The minimum Gasteiger partial charge on any atom is -0.383 e. The third kappa shape index (κ3) is 4.84. The van der Waals surface area contributed by atoms with Crippen LogP contribution in [0.15, 0.2) is 20.3 Å². The molecule has 1 heterocycles. The van der Waals surface area contributed by atoms with Crippen molar-refractivity contribution in [2.45, 2.75) is 13.0 Å². The van der Waals surface area contributed by atoms with Gasteiger partial charge in [0.15, 0.2) is 0 Å². The van der Waals surface area contributed by atoms with Crippen LogP contribution in [0.5, 0.6) is 0 Å². The lowest BCUT2D eigenvalue weighted by molar-refractivity contribution is 0.199. The molecule has 0 amide bonds. The van der Waals surface area contributed by atoms with E-state index in [1.54, 1.807) is 7.11 Å². The number of nitrogens with zero attached hydrogens (tertiary/aromatic N) is 1. The number of nitrogens with one attached hydrogen (secondary N) is 2. The lowest BCUT2D eigenvalue weighted by Crippen LogP contribution is -2.31. The molecule has 0 bridgehead atoms. The van der Waals surface area contributed by atoms with E-state index >= 15 is 0 Å². The Morgan fingerprint density at radius 2 is 2.24 bits per heavy atom. The molecular weight excluding hydrogens is 290 g/mol. The molecule has 0 fully saturated rings. The Balaban J connectivity index is 2.39. The zero-order valence-electron chi connectivity index (χ0n) is 9.66. The molecular formula is C10H16BrN3O3. The van der Waals surface area contributed by atoms with Gasteiger partial charge in [-0.15, -0.1) is 0 Å². The van der Waals surface area contributed by atoms with Gasteiger partial charge in [0.2, 0.25) is 0 Å². The molecule has 0 aliphatic rings. The van der Waals surface area contributed by atoms with Gasteiger partial charge >= 0.3 is 5.69 Å². The number of ether oxygens (including phenoxy) is 1. The topological polar surface area (TPSA) is 76.1 Å². The van der Waals surface area contributed by atoms with Gasteiger partial charge in [-0.2, -0.15) is 0 Å². The average Bonchev–Trinajstić information content (AvgIpc) is 2.30. The van der Waals surface area contributed by atoms with Crippen LogP contribution in [-0.2, 0) is 11.3 Å². The number of rotatable bonds is 7. The van der Waals surface area contributed by atoms with Crippen LogP contribution in [0, 0.1) is 0 Å². The fourth-order valence-electron chi connectivity index (χ4n) is 1.32. The fraction of sp³-hybridized carbons (Fsp3) is 0.600. The summed E-state index contributed by atoms with van der Waals surface area (Å²) in [5.74, 6) is 0. The van der Waals surface area contributed by atoms with Crippen molar-refractivity contribution in [3.05, 3.63) is 31.5 Å². The molecule has 96 valence electrons. The summed E-state index contributed by atoms with van der Waals surface area (Å²) in [5, 5.41) is 3.18. The van der Waals surface area contributed by atoms with Crippen LogP contribution in [0.2, 0.25) is 0 Å². The molecule has 7 heteroatoms. The van der Waals surface area contributed by atoms with E-state index in [-0.39, 0.29) is 5.69 Å². The number of hydrogen-bond donors (Lipinski definition) is 2. The van der Waals surface area contributed by atoms with Crippen molar-refractivity contribution < 1.29 is 4.74 Å². The molecule has 1 aromatic rings. The predicted octanol–water partition coefficient (Wildman–Crippen LogP) is -0.0748. The van der Waals surface area contributed by atoms with Crippen molar-refractivity contribution in [1.82, 2.24) is 14.9 Å². The summed E-state index contributed by atoms with van der Waals surface area (Å²) in [6.07, 6.45) is 2.32. The molecule has 0 unspecified atom stereocenters. The second-order valence-corrected chi connectivity index (χ2v) is 4.38. The predicted molar refractivity (Wildman–Crippen MR) is 68.4 cm³/mol. The minimum absolute atomic E-state index is 0.365. The second kappa shape index (κ2) is 7.41. The number of aromatic nitrogens is 2. The number of aryl methyl sites for hydroxylation is 1. The van der Waals surface area contributed by atoms with Crippen LogP contribution in [0.1, 0.15) is 6.42 Å². The van der Waals surface area contributed by atoms with Gasteiger partial charge in [-0.25, -0.2) is 4.79 Å². The molecule has 1 rings (SSSR count). The number of halogens is 1. The van der Waals surface area contributed by atoms with E-state index in [2.05, 4.69) is 26.2 Å². The van der Waals surface area contributed by atoms with Crippen molar-refractivity contribution in [2.75, 3.05) is 26.8 Å². The van der Waals surface area contributed by atoms with E-state index in [4.69, 9.17) is 4.74 Å². The molecule has 0 saturated heterocycles. The van der Waals surface area contributed by atoms with Gasteiger partial charge in [-0.1, -0.05) is 0 Å². The van der Waals surface area contributed by atoms with Gasteiger partial charge in [0.1, 0.15) is 0 Å². The first-order valence-electron chi connectivity index (χ1n) is 5.34. The van der Waals surface area contributed by atoms with Crippen LogP contribution in [0.3, 0.4) is 0 Å². The summed E-state index contributed by atoms with van der Waals surface area (Å²) in [4.78, 5) is 24.7. The van der Waals surface area contributed by atoms with E-state index in [1.165, 1.54) is 10.8 Å². The number of H-pyrrole nitrogens is 1. The Bertz CT molecular complexity index is 455. The summed E-state index contributed by atoms with van der Waals surface area (Å²) in [5.41, 5.74) is -0.778. The van der Waals surface area contributed by atoms with Gasteiger partial charge in [-0.05, 0) is 28.9 Å². The highest BCUT2D eigenvalue weighted by Gasteiger charge is 2.01. The van der Waals surface area contributed by atoms with Crippen molar-refractivity contribution in [3.63, 3.8) is 0 Å². The standard InChI is InChI=1S/C10H16BrN3O3/c1-17-6-4-12-3-2-5-14-7-8(11)9(15)13-10(14)16/h7,12H,2-6H2,1H3,(H,13,15,16). The zero-order valence-corrected chi connectivity index (χ0v) is 11.2. The zero-order chi connectivity index (χ0) is 12.7. The molecule has 0 aromatic carbocycles. The Hall–Kier alpha value is -0.920. The third-order valence-electron chi connectivity index (χ3n) is 2.20. The minimum atomic E-state index is -0.399. The maximum Gasteiger partial charge on any atom is 0.328 e. The van der Waals surface area contributed by atoms with Gasteiger partial charge in [0.25, 0.3) is 5.56 Å². The van der Waals surface area contributed by atoms with E-state index < -0.39 is 5.56 Å². The number of methoxy groups -OCH3 is 1. The van der Waals surface area contributed by atoms with Crippen molar-refractivity contribution in [3.8, 4) is 0 Å². The normalized spacial score (nSPS) is 10.7. The van der Waals surface area contributed by atoms with Crippen LogP contribution in [0.25, 0.3) is 0 Å². The summed E-state index contributed by atoms with van der Waals surface area (Å²) in [6.45, 7) is 2.83. The SMILES string of the molecule is COCCNCCCn1cc(Br)c(=O)[nH]c1=O. The Labute approximate surface area is 107 Å². The highest BCUT2D eigenvalue weighted by molar-refractivity contribution is 9.10. The Morgan fingerprint density at radius 1 is 1.47 bits per heavy atom. The second-order valence-electron chi connectivity index (χ2n) is 3.53. The highest BCUT2D eigenvalue weighted by atomic mass is 79.9. The van der Waals surface area contributed by atoms with Crippen molar-refractivity contribution in [1.29, 1.82) is 0 Å². The quantitative estimate of drug-likeness (QED) is 0.691. The molecule has 2 N–H and O–H groups in total.